The van der Waals surface area contributed by atoms with Crippen molar-refractivity contribution in [2.75, 3.05) is 19.5 Å². The number of benzene rings is 1. The molecule has 5 heteroatoms. The summed E-state index contributed by atoms with van der Waals surface area (Å²) in [5.41, 5.74) is 1.98. The fourth-order valence-corrected chi connectivity index (χ4v) is 2.40. The van der Waals surface area contributed by atoms with Gasteiger partial charge in [-0.15, -0.1) is 11.8 Å². The van der Waals surface area contributed by atoms with Gasteiger partial charge in [-0.2, -0.15) is 0 Å². The molecule has 1 aromatic rings. The zero-order valence-corrected chi connectivity index (χ0v) is 12.0. The van der Waals surface area contributed by atoms with Crippen molar-refractivity contribution in [3.05, 3.63) is 35.4 Å². The van der Waals surface area contributed by atoms with Crippen LogP contribution in [-0.4, -0.2) is 31.4 Å². The normalized spacial score (nSPS) is 10.0. The molecule has 0 bridgehead atoms. The third kappa shape index (κ3) is 5.79. The number of esters is 2. The Kier molecular flexibility index (Phi) is 7.03. The van der Waals surface area contributed by atoms with E-state index in [2.05, 4.69) is 4.74 Å². The Hall–Kier alpha value is -1.49. The van der Waals surface area contributed by atoms with Crippen molar-refractivity contribution in [2.24, 2.45) is 0 Å². The molecule has 0 fully saturated rings. The Balaban J connectivity index is 2.53. The minimum absolute atomic E-state index is 0.210. The van der Waals surface area contributed by atoms with Crippen molar-refractivity contribution in [1.29, 1.82) is 0 Å². The lowest BCUT2D eigenvalue weighted by Crippen LogP contribution is -2.08. The third-order valence-corrected chi connectivity index (χ3v) is 3.42. The number of ether oxygens (including phenoxy) is 2. The average Bonchev–Trinajstić information content (AvgIpc) is 2.41. The van der Waals surface area contributed by atoms with Gasteiger partial charge < -0.3 is 9.47 Å². The highest BCUT2D eigenvalue weighted by atomic mass is 32.2. The van der Waals surface area contributed by atoms with Crippen molar-refractivity contribution >= 4 is 23.7 Å². The molecule has 19 heavy (non-hydrogen) atoms. The molecular formula is C14H18O4S. The number of methoxy groups -OCH3 is 1. The van der Waals surface area contributed by atoms with Crippen LogP contribution in [0, 0.1) is 0 Å². The molecule has 1 rings (SSSR count). The van der Waals surface area contributed by atoms with Gasteiger partial charge in [0.05, 0.1) is 25.9 Å². The van der Waals surface area contributed by atoms with Crippen molar-refractivity contribution in [3.8, 4) is 0 Å². The van der Waals surface area contributed by atoms with E-state index in [4.69, 9.17) is 4.74 Å². The van der Waals surface area contributed by atoms with Crippen molar-refractivity contribution < 1.29 is 19.1 Å². The minimum atomic E-state index is -0.261. The van der Waals surface area contributed by atoms with E-state index < -0.39 is 0 Å². The fraction of sp³-hybridized carbons (Fsp3) is 0.429. The molecule has 0 heterocycles. The smallest absolute Gasteiger partial charge is 0.315 e. The summed E-state index contributed by atoms with van der Waals surface area (Å²) in [6, 6.07) is 7.66. The molecular weight excluding hydrogens is 264 g/mol. The number of hydrogen-bond acceptors (Lipinski definition) is 5. The summed E-state index contributed by atoms with van der Waals surface area (Å²) in [6.45, 7) is 2.19. The predicted molar refractivity (Wildman–Crippen MR) is 75.0 cm³/mol. The Morgan fingerprint density at radius 3 is 2.47 bits per heavy atom. The molecule has 0 aliphatic carbocycles. The first-order chi connectivity index (χ1) is 9.17. The fourth-order valence-electron chi connectivity index (χ4n) is 1.55. The van der Waals surface area contributed by atoms with Gasteiger partial charge in [0.25, 0.3) is 0 Å². The molecule has 104 valence electrons. The average molecular weight is 282 g/mol. The van der Waals surface area contributed by atoms with Gasteiger partial charge in [0.2, 0.25) is 0 Å². The molecule has 1 aromatic carbocycles. The summed E-state index contributed by atoms with van der Waals surface area (Å²) < 4.78 is 9.52. The van der Waals surface area contributed by atoms with Crippen LogP contribution < -0.4 is 0 Å². The van der Waals surface area contributed by atoms with E-state index in [0.717, 1.165) is 11.1 Å². The van der Waals surface area contributed by atoms with Gasteiger partial charge in [-0.3, -0.25) is 9.59 Å². The maximum absolute atomic E-state index is 11.3. The predicted octanol–water partition coefficient (Wildman–Crippen LogP) is 2.20. The van der Waals surface area contributed by atoms with Gasteiger partial charge >= 0.3 is 11.9 Å². The summed E-state index contributed by atoms with van der Waals surface area (Å²) in [7, 11) is 1.38. The van der Waals surface area contributed by atoms with E-state index >= 15 is 0 Å². The van der Waals surface area contributed by atoms with Crippen LogP contribution in [0.1, 0.15) is 18.1 Å². The van der Waals surface area contributed by atoms with Crippen molar-refractivity contribution in [3.63, 3.8) is 0 Å². The van der Waals surface area contributed by atoms with Crippen LogP contribution in [0.4, 0.5) is 0 Å². The van der Waals surface area contributed by atoms with Crippen LogP contribution in [0.2, 0.25) is 0 Å². The van der Waals surface area contributed by atoms with Gasteiger partial charge in [-0.25, -0.2) is 0 Å². The van der Waals surface area contributed by atoms with E-state index in [0.29, 0.717) is 18.1 Å². The molecule has 0 N–H and O–H groups in total. The van der Waals surface area contributed by atoms with Gasteiger partial charge in [0, 0.05) is 5.75 Å². The number of carbonyl (C=O) groups excluding carboxylic acids is 2. The highest BCUT2D eigenvalue weighted by Crippen LogP contribution is 2.17. The van der Waals surface area contributed by atoms with Crippen LogP contribution in [0.15, 0.2) is 24.3 Å². The Morgan fingerprint density at radius 2 is 1.84 bits per heavy atom. The van der Waals surface area contributed by atoms with E-state index in [1.807, 2.05) is 24.3 Å². The molecule has 4 nitrogen and oxygen atoms in total. The summed E-state index contributed by atoms with van der Waals surface area (Å²) in [6.07, 6.45) is 0.257. The molecule has 0 aromatic heterocycles. The van der Waals surface area contributed by atoms with Gasteiger partial charge in [0.1, 0.15) is 0 Å². The first-order valence-electron chi connectivity index (χ1n) is 6.04. The number of thioether (sulfide) groups is 1. The summed E-state index contributed by atoms with van der Waals surface area (Å²) >= 11 is 1.48. The third-order valence-electron chi connectivity index (χ3n) is 2.46. The molecule has 0 aliphatic heterocycles. The summed E-state index contributed by atoms with van der Waals surface area (Å²) in [5, 5.41) is 0. The lowest BCUT2D eigenvalue weighted by Gasteiger charge is -2.08. The zero-order valence-electron chi connectivity index (χ0n) is 11.2. The Bertz CT molecular complexity index is 431. The van der Waals surface area contributed by atoms with Gasteiger partial charge in [0.15, 0.2) is 0 Å². The SMILES string of the molecule is CCOC(=O)CSCc1ccccc1CC(=O)OC. The van der Waals surface area contributed by atoms with Crippen molar-refractivity contribution in [1.82, 2.24) is 0 Å². The molecule has 0 amide bonds. The molecule has 0 unspecified atom stereocenters. The maximum atomic E-state index is 11.3. The number of carbonyl (C=O) groups is 2. The van der Waals surface area contributed by atoms with Crippen LogP contribution in [0.5, 0.6) is 0 Å². The van der Waals surface area contributed by atoms with E-state index in [1.54, 1.807) is 6.92 Å². The Morgan fingerprint density at radius 1 is 1.16 bits per heavy atom. The highest BCUT2D eigenvalue weighted by Gasteiger charge is 2.09. The first kappa shape index (κ1) is 15.6. The lowest BCUT2D eigenvalue weighted by atomic mass is 10.1. The van der Waals surface area contributed by atoms with E-state index in [9.17, 15) is 9.59 Å². The molecule has 0 atom stereocenters. The topological polar surface area (TPSA) is 52.6 Å². The first-order valence-corrected chi connectivity index (χ1v) is 7.19. The minimum Gasteiger partial charge on any atom is -0.469 e. The van der Waals surface area contributed by atoms with Crippen LogP contribution in [0.25, 0.3) is 0 Å². The highest BCUT2D eigenvalue weighted by molar-refractivity contribution is 7.99. The van der Waals surface area contributed by atoms with Crippen molar-refractivity contribution in [2.45, 2.75) is 19.1 Å². The molecule has 0 saturated carbocycles. The summed E-state index contributed by atoms with van der Waals surface area (Å²) in [4.78, 5) is 22.5. The second kappa shape index (κ2) is 8.58. The van der Waals surface area contributed by atoms with Gasteiger partial charge in [-0.1, -0.05) is 24.3 Å². The number of rotatable bonds is 7. The number of hydrogen-bond donors (Lipinski definition) is 0. The quantitative estimate of drug-likeness (QED) is 0.718. The second-order valence-corrected chi connectivity index (χ2v) is 4.81. The van der Waals surface area contributed by atoms with Crippen LogP contribution >= 0.6 is 11.8 Å². The van der Waals surface area contributed by atoms with E-state index in [-0.39, 0.29) is 18.4 Å². The lowest BCUT2D eigenvalue weighted by molar-refractivity contribution is -0.140. The second-order valence-electron chi connectivity index (χ2n) is 3.82. The molecule has 0 radical (unpaired) electrons. The molecule has 0 saturated heterocycles. The zero-order chi connectivity index (χ0) is 14.1. The van der Waals surface area contributed by atoms with Crippen LogP contribution in [0.3, 0.4) is 0 Å². The largest absolute Gasteiger partial charge is 0.469 e. The van der Waals surface area contributed by atoms with Gasteiger partial charge in [-0.05, 0) is 18.1 Å². The molecule has 0 spiro atoms. The maximum Gasteiger partial charge on any atom is 0.315 e. The standard InChI is InChI=1S/C14H18O4S/c1-3-18-14(16)10-19-9-12-7-5-4-6-11(12)8-13(15)17-2/h4-7H,3,8-10H2,1-2H3. The van der Waals surface area contributed by atoms with E-state index in [1.165, 1.54) is 18.9 Å². The van der Waals surface area contributed by atoms with Crippen LogP contribution in [-0.2, 0) is 31.2 Å². The monoisotopic (exact) mass is 282 g/mol. The summed E-state index contributed by atoms with van der Waals surface area (Å²) in [5.74, 6) is 0.521. The Labute approximate surface area is 117 Å². The molecule has 0 aliphatic rings.